The number of aromatic nitrogens is 2. The molecular weight excluding hydrogens is 358 g/mol. The Morgan fingerprint density at radius 2 is 1.82 bits per heavy atom. The van der Waals surface area contributed by atoms with Crippen LogP contribution in [0.5, 0.6) is 0 Å². The second-order valence-corrected chi connectivity index (χ2v) is 6.91. The van der Waals surface area contributed by atoms with Gasteiger partial charge in [0.25, 0.3) is 5.91 Å². The number of nitrogens with one attached hydrogen (secondary N) is 1. The first-order valence-electron chi connectivity index (χ1n) is 9.63. The summed E-state index contributed by atoms with van der Waals surface area (Å²) in [6, 6.07) is 6.92. The largest absolute Gasteiger partial charge is 0.465 e. The highest BCUT2D eigenvalue weighted by Gasteiger charge is 2.17. The summed E-state index contributed by atoms with van der Waals surface area (Å²) in [7, 11) is 1.29. The van der Waals surface area contributed by atoms with Crippen LogP contribution in [0.3, 0.4) is 0 Å². The zero-order valence-corrected chi connectivity index (χ0v) is 16.2. The highest BCUT2D eigenvalue weighted by molar-refractivity contribution is 5.95. The summed E-state index contributed by atoms with van der Waals surface area (Å²) in [5.74, 6) is -0.448. The number of amides is 1. The number of anilines is 1. The molecule has 1 saturated heterocycles. The van der Waals surface area contributed by atoms with E-state index in [9.17, 15) is 9.59 Å². The van der Waals surface area contributed by atoms with E-state index in [0.717, 1.165) is 19.6 Å². The number of carbonyl (C=O) groups is 2. The lowest BCUT2D eigenvalue weighted by Crippen LogP contribution is -2.35. The molecule has 3 rings (SSSR count). The molecule has 1 fully saturated rings. The Kier molecular flexibility index (Phi) is 6.65. The van der Waals surface area contributed by atoms with E-state index in [4.69, 9.17) is 5.73 Å². The predicted octanol–water partition coefficient (Wildman–Crippen LogP) is 1.85. The lowest BCUT2D eigenvalue weighted by molar-refractivity contribution is 0.0601. The molecule has 0 saturated carbocycles. The van der Waals surface area contributed by atoms with Crippen molar-refractivity contribution in [2.24, 2.45) is 0 Å². The Bertz CT molecular complexity index is 808. The van der Waals surface area contributed by atoms with E-state index < -0.39 is 5.97 Å². The van der Waals surface area contributed by atoms with E-state index in [1.807, 2.05) is 0 Å². The standard InChI is InChI=1S/C20H27N5O3/c1-28-20(27)17-14-23-25(18(17)21)16-8-6-15(7-9-16)19(26)22-10-13-24-11-4-2-3-5-12-24/h6-9,14H,2-5,10-13,21H2,1H3,(H,22,26). The van der Waals surface area contributed by atoms with E-state index in [1.165, 1.54) is 43.7 Å². The molecular formula is C20H27N5O3. The van der Waals surface area contributed by atoms with Crippen molar-refractivity contribution in [2.75, 3.05) is 39.0 Å². The minimum Gasteiger partial charge on any atom is -0.465 e. The SMILES string of the molecule is COC(=O)c1cnn(-c2ccc(C(=O)NCCN3CCCCCC3)cc2)c1N. The molecule has 0 aliphatic carbocycles. The highest BCUT2D eigenvalue weighted by atomic mass is 16.5. The van der Waals surface area contributed by atoms with Gasteiger partial charge in [-0.05, 0) is 50.2 Å². The van der Waals surface area contributed by atoms with E-state index in [2.05, 4.69) is 20.1 Å². The monoisotopic (exact) mass is 385 g/mol. The van der Waals surface area contributed by atoms with E-state index in [1.54, 1.807) is 24.3 Å². The number of nitrogens with zero attached hydrogens (tertiary/aromatic N) is 3. The Morgan fingerprint density at radius 1 is 1.14 bits per heavy atom. The fourth-order valence-electron chi connectivity index (χ4n) is 3.37. The molecule has 150 valence electrons. The summed E-state index contributed by atoms with van der Waals surface area (Å²) in [6.07, 6.45) is 6.45. The first-order chi connectivity index (χ1) is 13.6. The number of methoxy groups -OCH3 is 1. The zero-order chi connectivity index (χ0) is 19.9. The molecule has 0 unspecified atom stereocenters. The third-order valence-electron chi connectivity index (χ3n) is 5.00. The molecule has 8 nitrogen and oxygen atoms in total. The van der Waals surface area contributed by atoms with Gasteiger partial charge in [-0.1, -0.05) is 12.8 Å². The first kappa shape index (κ1) is 19.9. The molecule has 0 radical (unpaired) electrons. The van der Waals surface area contributed by atoms with Crippen molar-refractivity contribution in [1.29, 1.82) is 0 Å². The van der Waals surface area contributed by atoms with Crippen LogP contribution in [0.25, 0.3) is 5.69 Å². The van der Waals surface area contributed by atoms with Crippen LogP contribution in [0, 0.1) is 0 Å². The minimum atomic E-state index is -0.538. The summed E-state index contributed by atoms with van der Waals surface area (Å²) in [5.41, 5.74) is 7.41. The first-order valence-corrected chi connectivity index (χ1v) is 9.63. The van der Waals surface area contributed by atoms with E-state index in [-0.39, 0.29) is 17.3 Å². The van der Waals surface area contributed by atoms with Gasteiger partial charge in [-0.3, -0.25) is 4.79 Å². The van der Waals surface area contributed by atoms with E-state index >= 15 is 0 Å². The third kappa shape index (κ3) is 4.69. The van der Waals surface area contributed by atoms with Gasteiger partial charge in [-0.25, -0.2) is 9.48 Å². The minimum absolute atomic E-state index is 0.106. The molecule has 1 aliphatic heterocycles. The number of hydrogen-bond acceptors (Lipinski definition) is 6. The van der Waals surface area contributed by atoms with Crippen molar-refractivity contribution in [3.8, 4) is 5.69 Å². The van der Waals surface area contributed by atoms with Gasteiger partial charge < -0.3 is 20.7 Å². The quantitative estimate of drug-likeness (QED) is 0.736. The van der Waals surface area contributed by atoms with Gasteiger partial charge in [0, 0.05) is 18.7 Å². The van der Waals surface area contributed by atoms with Gasteiger partial charge in [0.1, 0.15) is 11.4 Å². The number of hydrogen-bond donors (Lipinski definition) is 2. The number of nitrogen functional groups attached to an aromatic ring is 1. The maximum Gasteiger partial charge on any atom is 0.343 e. The summed E-state index contributed by atoms with van der Waals surface area (Å²) in [4.78, 5) is 26.4. The molecule has 8 heteroatoms. The Morgan fingerprint density at radius 3 is 2.46 bits per heavy atom. The smallest absolute Gasteiger partial charge is 0.343 e. The van der Waals surface area contributed by atoms with Crippen LogP contribution in [-0.2, 0) is 4.74 Å². The molecule has 3 N–H and O–H groups in total. The predicted molar refractivity (Wildman–Crippen MR) is 107 cm³/mol. The van der Waals surface area contributed by atoms with Crippen molar-refractivity contribution >= 4 is 17.7 Å². The van der Waals surface area contributed by atoms with Crippen LogP contribution in [-0.4, -0.2) is 59.8 Å². The second-order valence-electron chi connectivity index (χ2n) is 6.91. The molecule has 0 bridgehead atoms. The Labute approximate surface area is 164 Å². The topological polar surface area (TPSA) is 102 Å². The third-order valence-corrected chi connectivity index (χ3v) is 5.00. The second kappa shape index (κ2) is 9.36. The van der Waals surface area contributed by atoms with Gasteiger partial charge in [-0.15, -0.1) is 0 Å². The van der Waals surface area contributed by atoms with Crippen LogP contribution in [0.4, 0.5) is 5.82 Å². The summed E-state index contributed by atoms with van der Waals surface area (Å²) in [5, 5.41) is 7.10. The van der Waals surface area contributed by atoms with E-state index in [0.29, 0.717) is 17.8 Å². The van der Waals surface area contributed by atoms with Gasteiger partial charge >= 0.3 is 5.97 Å². The molecule has 1 amide bonds. The molecule has 2 aromatic rings. The number of carbonyl (C=O) groups excluding carboxylic acids is 2. The van der Waals surface area contributed by atoms with Gasteiger partial charge in [0.2, 0.25) is 0 Å². The van der Waals surface area contributed by atoms with Crippen LogP contribution < -0.4 is 11.1 Å². The fourth-order valence-corrected chi connectivity index (χ4v) is 3.37. The number of esters is 1. The Hall–Kier alpha value is -2.87. The summed E-state index contributed by atoms with van der Waals surface area (Å²) < 4.78 is 6.11. The lowest BCUT2D eigenvalue weighted by atomic mass is 10.2. The number of ether oxygens (including phenoxy) is 1. The van der Waals surface area contributed by atoms with Crippen LogP contribution in [0.2, 0.25) is 0 Å². The normalized spacial score (nSPS) is 15.0. The van der Waals surface area contributed by atoms with Crippen LogP contribution in [0.1, 0.15) is 46.4 Å². The lowest BCUT2D eigenvalue weighted by Gasteiger charge is -2.19. The van der Waals surface area contributed by atoms with Gasteiger partial charge in [0.05, 0.1) is 19.0 Å². The molecule has 0 spiro atoms. The zero-order valence-electron chi connectivity index (χ0n) is 16.2. The molecule has 1 aromatic carbocycles. The van der Waals surface area contributed by atoms with Crippen molar-refractivity contribution in [3.63, 3.8) is 0 Å². The number of likely N-dealkylation sites (tertiary alicyclic amines) is 1. The summed E-state index contributed by atoms with van der Waals surface area (Å²) >= 11 is 0. The molecule has 28 heavy (non-hydrogen) atoms. The van der Waals surface area contributed by atoms with Gasteiger partial charge in [0.15, 0.2) is 0 Å². The fraction of sp³-hybridized carbons (Fsp3) is 0.450. The molecule has 2 heterocycles. The average Bonchev–Trinajstić information content (AvgIpc) is 2.92. The number of rotatable bonds is 6. The van der Waals surface area contributed by atoms with Crippen molar-refractivity contribution in [1.82, 2.24) is 20.0 Å². The maximum atomic E-state index is 12.4. The molecule has 1 aliphatic rings. The Balaban J connectivity index is 1.57. The van der Waals surface area contributed by atoms with Crippen LogP contribution >= 0.6 is 0 Å². The number of nitrogens with two attached hydrogens (primary N) is 1. The average molecular weight is 385 g/mol. The highest BCUT2D eigenvalue weighted by Crippen LogP contribution is 2.18. The summed E-state index contributed by atoms with van der Waals surface area (Å²) in [6.45, 7) is 3.74. The van der Waals surface area contributed by atoms with Gasteiger partial charge in [-0.2, -0.15) is 5.10 Å². The molecule has 0 atom stereocenters. The van der Waals surface area contributed by atoms with Crippen LogP contribution in [0.15, 0.2) is 30.5 Å². The number of benzene rings is 1. The molecule has 1 aromatic heterocycles. The van der Waals surface area contributed by atoms with Crippen molar-refractivity contribution in [2.45, 2.75) is 25.7 Å². The van der Waals surface area contributed by atoms with Crippen molar-refractivity contribution in [3.05, 3.63) is 41.6 Å². The van der Waals surface area contributed by atoms with Crippen molar-refractivity contribution < 1.29 is 14.3 Å². The maximum absolute atomic E-state index is 12.4.